The molecule has 5 N–H and O–H groups in total. The number of aliphatic hydroxyl groups is 3. The summed E-state index contributed by atoms with van der Waals surface area (Å²) < 4.78 is 72.2. The highest BCUT2D eigenvalue weighted by Crippen LogP contribution is 2.49. The number of ether oxygens (including phenoxy) is 1. The number of anilines is 2. The summed E-state index contributed by atoms with van der Waals surface area (Å²) in [6, 6.07) is 19.1. The molecule has 302 valence electrons. The van der Waals surface area contributed by atoms with E-state index >= 15 is 0 Å². The van der Waals surface area contributed by atoms with E-state index in [1.54, 1.807) is 66.7 Å². The molecule has 0 aromatic heterocycles. The molecule has 1 heterocycles. The van der Waals surface area contributed by atoms with Gasteiger partial charge in [0.15, 0.2) is 9.84 Å². The Kier molecular flexibility index (Phi) is 13.7. The molecule has 3 aromatic carbocycles. The van der Waals surface area contributed by atoms with E-state index < -0.39 is 80.6 Å². The predicted octanol–water partition coefficient (Wildman–Crippen LogP) is 3.91. The molecule has 0 bridgehead atoms. The van der Waals surface area contributed by atoms with Crippen LogP contribution in [0.2, 0.25) is 0 Å². The minimum absolute atomic E-state index is 0.00991. The van der Waals surface area contributed by atoms with Gasteiger partial charge in [-0.3, -0.25) is 4.18 Å². The van der Waals surface area contributed by atoms with Crippen LogP contribution in [0.3, 0.4) is 0 Å². The van der Waals surface area contributed by atoms with E-state index in [0.29, 0.717) is 29.7 Å². The van der Waals surface area contributed by atoms with Crippen molar-refractivity contribution in [1.82, 2.24) is 5.32 Å². The minimum atomic E-state index is -5.10. The van der Waals surface area contributed by atoms with Gasteiger partial charge in [-0.2, -0.15) is 0 Å². The molecule has 5 rings (SSSR count). The quantitative estimate of drug-likeness (QED) is 0.116. The van der Waals surface area contributed by atoms with E-state index in [2.05, 4.69) is 14.8 Å². The molecule has 1 fully saturated rings. The fourth-order valence-electron chi connectivity index (χ4n) is 7.90. The molecule has 16 heteroatoms. The molecule has 1 saturated carbocycles. The van der Waals surface area contributed by atoms with Crippen LogP contribution in [0.25, 0.3) is 0 Å². The first kappa shape index (κ1) is 42.5. The Hall–Kier alpha value is -3.61. The lowest BCUT2D eigenvalue weighted by molar-refractivity contribution is -0.159. The summed E-state index contributed by atoms with van der Waals surface area (Å²) in [4.78, 5) is 15.6. The summed E-state index contributed by atoms with van der Waals surface area (Å²) in [6.45, 7) is 3.22. The Morgan fingerprint density at radius 3 is 2.38 bits per heavy atom. The minimum Gasteiger partial charge on any atom is -0.726 e. The van der Waals surface area contributed by atoms with Gasteiger partial charge in [0.1, 0.15) is 12.2 Å². The zero-order valence-corrected chi connectivity index (χ0v) is 33.1. The highest BCUT2D eigenvalue weighted by molar-refractivity contribution is 7.91. The third kappa shape index (κ3) is 10.0. The smallest absolute Gasteiger partial charge is 0.319 e. The Bertz CT molecular complexity index is 2000. The van der Waals surface area contributed by atoms with Gasteiger partial charge in [-0.25, -0.2) is 21.6 Å². The topological polar surface area (TPSA) is 215 Å². The number of rotatable bonds is 14. The maximum absolute atomic E-state index is 14.0. The first-order chi connectivity index (χ1) is 26.0. The molecule has 3 aromatic rings. The fourth-order valence-corrected chi connectivity index (χ4v) is 10.5. The van der Waals surface area contributed by atoms with Crippen LogP contribution in [-0.2, 0) is 35.8 Å². The normalized spacial score (nSPS) is 27.7. The number of hydrogen-bond acceptors (Lipinski definition) is 12. The maximum atomic E-state index is 14.0. The number of hydrogen-bond donors (Lipinski definition) is 5. The molecule has 0 radical (unpaired) electrons. The standard InChI is InChI=1S/C39H53N3O11S2/c1-5-7-18-39(6-2)24-54(47,48)32-17-16-29(42(3)4)21-30(32)33(37(39)45)26-14-11-15-28(19-26)40-38(46)41-31-20-27(23-53-55(49,50)51)34(43)36(35(31)44)52-22-25-12-9-8-10-13-25/h8-17,19,21,27,31,33-37,43-45H,5-7,18,20,22-24H2,1-4H3,(H2,40,41,46)(H,49,50,51)/p-1/t27-,31-,33-,34?,35?,36+,37-,39-/m1/s1. The van der Waals surface area contributed by atoms with Crippen LogP contribution in [0.1, 0.15) is 68.6 Å². The van der Waals surface area contributed by atoms with Gasteiger partial charge in [0.2, 0.25) is 10.4 Å². The number of urea groups is 1. The first-order valence-electron chi connectivity index (χ1n) is 18.5. The van der Waals surface area contributed by atoms with Crippen LogP contribution in [0.4, 0.5) is 16.2 Å². The van der Waals surface area contributed by atoms with Gasteiger partial charge in [0, 0.05) is 42.7 Å². The number of fused-ring (bicyclic) bond motifs is 1. The van der Waals surface area contributed by atoms with Gasteiger partial charge in [-0.05, 0) is 66.3 Å². The van der Waals surface area contributed by atoms with E-state index in [0.717, 1.165) is 24.1 Å². The van der Waals surface area contributed by atoms with Crippen molar-refractivity contribution in [1.29, 1.82) is 0 Å². The largest absolute Gasteiger partial charge is 0.726 e. The summed E-state index contributed by atoms with van der Waals surface area (Å²) in [5, 5.41) is 40.2. The number of nitrogens with zero attached hydrogens (tertiary/aromatic N) is 1. The molecule has 0 saturated heterocycles. The van der Waals surface area contributed by atoms with Crippen LogP contribution >= 0.6 is 0 Å². The summed E-state index contributed by atoms with van der Waals surface area (Å²) in [5.74, 6) is -1.98. The Balaban J connectivity index is 1.43. The molecular weight excluding hydrogens is 751 g/mol. The van der Waals surface area contributed by atoms with Gasteiger partial charge in [-0.1, -0.05) is 69.2 Å². The van der Waals surface area contributed by atoms with Crippen molar-refractivity contribution in [2.24, 2.45) is 11.3 Å². The number of sulfone groups is 1. The first-order valence-corrected chi connectivity index (χ1v) is 21.5. The average Bonchev–Trinajstić information content (AvgIpc) is 3.21. The van der Waals surface area contributed by atoms with Crippen LogP contribution in [0.5, 0.6) is 0 Å². The molecule has 2 amide bonds. The summed E-state index contributed by atoms with van der Waals surface area (Å²) in [6.07, 6.45) is -2.90. The van der Waals surface area contributed by atoms with Crippen LogP contribution < -0.4 is 15.5 Å². The maximum Gasteiger partial charge on any atom is 0.319 e. The Morgan fingerprint density at radius 2 is 1.73 bits per heavy atom. The van der Waals surface area contributed by atoms with Gasteiger partial charge in [0.05, 0.1) is 42.1 Å². The highest BCUT2D eigenvalue weighted by atomic mass is 32.3. The number of aliphatic hydroxyl groups excluding tert-OH is 3. The van der Waals surface area contributed by atoms with Crippen LogP contribution in [0, 0.1) is 11.3 Å². The lowest BCUT2D eigenvalue weighted by Crippen LogP contribution is -2.61. The molecule has 1 aliphatic heterocycles. The zero-order valence-electron chi connectivity index (χ0n) is 31.5. The fraction of sp³-hybridized carbons (Fsp3) is 0.513. The summed E-state index contributed by atoms with van der Waals surface area (Å²) >= 11 is 0. The second-order valence-electron chi connectivity index (χ2n) is 14.9. The molecule has 14 nitrogen and oxygen atoms in total. The Morgan fingerprint density at radius 1 is 1.00 bits per heavy atom. The monoisotopic (exact) mass is 802 g/mol. The van der Waals surface area contributed by atoms with Crippen molar-refractivity contribution < 1.29 is 50.4 Å². The SMILES string of the molecule is CCCC[C@]1(CC)CS(=O)(=O)c2ccc(N(C)C)cc2[C@@H](c2cccc(NC(=O)N[C@@H]3C[C@H](COS(=O)(=O)[O-])C(O)[C@H](OCc4ccccc4)C3O)c2)[C@H]1O. The van der Waals surface area contributed by atoms with E-state index in [1.807, 2.05) is 38.9 Å². The number of benzene rings is 3. The van der Waals surface area contributed by atoms with E-state index in [-0.39, 0.29) is 23.7 Å². The number of carbonyl (C=O) groups excluding carboxylic acids is 1. The number of carbonyl (C=O) groups is 1. The Labute approximate surface area is 323 Å². The molecule has 55 heavy (non-hydrogen) atoms. The van der Waals surface area contributed by atoms with Crippen LogP contribution in [0.15, 0.2) is 77.7 Å². The molecule has 0 spiro atoms. The molecule has 2 unspecified atom stereocenters. The second-order valence-corrected chi connectivity index (χ2v) is 17.9. The zero-order chi connectivity index (χ0) is 40.1. The van der Waals surface area contributed by atoms with E-state index in [4.69, 9.17) is 4.74 Å². The average molecular weight is 803 g/mol. The van der Waals surface area contributed by atoms with E-state index in [1.165, 1.54) is 0 Å². The predicted molar refractivity (Wildman–Crippen MR) is 206 cm³/mol. The second kappa shape index (κ2) is 17.7. The van der Waals surface area contributed by atoms with Gasteiger partial charge in [-0.15, -0.1) is 0 Å². The molecule has 1 aliphatic carbocycles. The van der Waals surface area contributed by atoms with Crippen molar-refractivity contribution in [2.75, 3.05) is 36.7 Å². The number of unbranched alkanes of at least 4 members (excludes halogenated alkanes) is 1. The van der Waals surface area contributed by atoms with Gasteiger partial charge in [0.25, 0.3) is 0 Å². The third-order valence-electron chi connectivity index (χ3n) is 11.0. The lowest BCUT2D eigenvalue weighted by atomic mass is 9.69. The molecule has 8 atom stereocenters. The van der Waals surface area contributed by atoms with Crippen LogP contribution in [-0.4, -0.2) is 99.7 Å². The number of nitrogens with one attached hydrogen (secondary N) is 2. The molecule has 2 aliphatic rings. The van der Waals surface area contributed by atoms with Crippen molar-refractivity contribution in [3.05, 3.63) is 89.5 Å². The summed E-state index contributed by atoms with van der Waals surface area (Å²) in [7, 11) is -5.21. The van der Waals surface area contributed by atoms with Crippen molar-refractivity contribution in [3.8, 4) is 0 Å². The summed E-state index contributed by atoms with van der Waals surface area (Å²) in [5.41, 5.74) is 1.92. The van der Waals surface area contributed by atoms with Crippen molar-refractivity contribution in [3.63, 3.8) is 0 Å². The van der Waals surface area contributed by atoms with Gasteiger partial charge < -0.3 is 40.1 Å². The van der Waals surface area contributed by atoms with Gasteiger partial charge >= 0.3 is 6.03 Å². The van der Waals surface area contributed by atoms with Crippen molar-refractivity contribution >= 4 is 37.6 Å². The third-order valence-corrected chi connectivity index (χ3v) is 13.4. The van der Waals surface area contributed by atoms with E-state index in [9.17, 15) is 41.5 Å². The highest BCUT2D eigenvalue weighted by Gasteiger charge is 2.49. The van der Waals surface area contributed by atoms with Crippen molar-refractivity contribution in [2.45, 2.75) is 93.8 Å². The lowest BCUT2D eigenvalue weighted by Gasteiger charge is -2.42. The molecular formula is C39H52N3O11S2-. The number of amides is 2.